The Kier molecular flexibility index (Phi) is 3.50. The maximum absolute atomic E-state index is 13.7. The van der Waals surface area contributed by atoms with E-state index in [1.807, 2.05) is 0 Å². The molecule has 0 saturated heterocycles. The number of aliphatic carboxylic acids is 1. The minimum atomic E-state index is -1.24. The summed E-state index contributed by atoms with van der Waals surface area (Å²) in [5.41, 5.74) is -0.645. The van der Waals surface area contributed by atoms with Crippen LogP contribution in [0.3, 0.4) is 0 Å². The Morgan fingerprint density at radius 3 is 2.63 bits per heavy atom. The third-order valence-electron chi connectivity index (χ3n) is 2.55. The number of nitrogens with zero attached hydrogens (tertiary/aromatic N) is 1. The second kappa shape index (κ2) is 5.09. The quantitative estimate of drug-likeness (QED) is 0.870. The van der Waals surface area contributed by atoms with E-state index in [2.05, 4.69) is 4.98 Å². The summed E-state index contributed by atoms with van der Waals surface area (Å²) in [5.74, 6) is -4.62. The van der Waals surface area contributed by atoms with E-state index in [-0.39, 0.29) is 16.7 Å². The van der Waals surface area contributed by atoms with Gasteiger partial charge in [-0.3, -0.25) is 4.79 Å². The molecule has 0 bridgehead atoms. The number of pyridine rings is 1. The topological polar surface area (TPSA) is 50.2 Å². The molecule has 0 spiro atoms. The van der Waals surface area contributed by atoms with Crippen molar-refractivity contribution >= 4 is 5.97 Å². The van der Waals surface area contributed by atoms with E-state index in [0.717, 1.165) is 12.3 Å². The number of rotatable bonds is 3. The van der Waals surface area contributed by atoms with Crippen LogP contribution in [0, 0.1) is 17.6 Å². The van der Waals surface area contributed by atoms with Crippen LogP contribution in [0.1, 0.15) is 5.56 Å². The molecule has 1 N–H and O–H groups in total. The molecule has 0 saturated carbocycles. The van der Waals surface area contributed by atoms with Crippen LogP contribution in [0.4, 0.5) is 13.2 Å². The Labute approximate surface area is 106 Å². The third kappa shape index (κ3) is 2.57. The number of carbonyl (C=O) groups is 1. The Hall–Kier alpha value is -2.37. The molecule has 1 aromatic heterocycles. The van der Waals surface area contributed by atoms with Crippen LogP contribution in [0.2, 0.25) is 0 Å². The molecule has 0 radical (unpaired) electrons. The first-order valence-corrected chi connectivity index (χ1v) is 5.30. The molecule has 2 aromatic rings. The zero-order chi connectivity index (χ0) is 14.0. The fourth-order valence-electron chi connectivity index (χ4n) is 1.76. The summed E-state index contributed by atoms with van der Waals surface area (Å²) in [5, 5.41) is 8.74. The molecule has 0 aliphatic carbocycles. The number of carboxylic acid groups (broad SMARTS) is 1. The molecule has 0 aliphatic rings. The van der Waals surface area contributed by atoms with E-state index in [0.29, 0.717) is 0 Å². The maximum Gasteiger partial charge on any atom is 0.307 e. The predicted octanol–water partition coefficient (Wildman–Crippen LogP) is 2.79. The number of halogens is 3. The van der Waals surface area contributed by atoms with Gasteiger partial charge in [-0.15, -0.1) is 0 Å². The van der Waals surface area contributed by atoms with E-state index in [1.165, 1.54) is 18.2 Å². The van der Waals surface area contributed by atoms with Gasteiger partial charge in [-0.05, 0) is 17.7 Å². The van der Waals surface area contributed by atoms with Crippen LogP contribution < -0.4 is 0 Å². The smallest absolute Gasteiger partial charge is 0.307 e. The zero-order valence-corrected chi connectivity index (χ0v) is 9.53. The summed E-state index contributed by atoms with van der Waals surface area (Å²) in [6, 6.07) is 4.54. The first kappa shape index (κ1) is 13.1. The zero-order valence-electron chi connectivity index (χ0n) is 9.53. The first-order valence-electron chi connectivity index (χ1n) is 5.30. The van der Waals surface area contributed by atoms with Gasteiger partial charge in [0.1, 0.15) is 0 Å². The lowest BCUT2D eigenvalue weighted by Gasteiger charge is -2.09. The summed E-state index contributed by atoms with van der Waals surface area (Å²) >= 11 is 0. The molecule has 98 valence electrons. The second-order valence-corrected chi connectivity index (χ2v) is 3.81. The summed E-state index contributed by atoms with van der Waals surface area (Å²) in [7, 11) is 0. The molecule has 2 rings (SSSR count). The van der Waals surface area contributed by atoms with E-state index in [4.69, 9.17) is 5.11 Å². The molecule has 6 heteroatoms. The van der Waals surface area contributed by atoms with Gasteiger partial charge in [0.25, 0.3) is 0 Å². The van der Waals surface area contributed by atoms with Crippen molar-refractivity contribution in [3.05, 3.63) is 53.6 Å². The highest BCUT2D eigenvalue weighted by molar-refractivity contribution is 5.76. The molecular weight excluding hydrogens is 259 g/mol. The SMILES string of the molecule is O=C(O)Cc1ccnc(F)c1-c1cccc(F)c1F. The van der Waals surface area contributed by atoms with Gasteiger partial charge in [0, 0.05) is 17.3 Å². The molecule has 3 nitrogen and oxygen atoms in total. The summed E-state index contributed by atoms with van der Waals surface area (Å²) < 4.78 is 40.5. The Balaban J connectivity index is 2.67. The Morgan fingerprint density at radius 2 is 1.95 bits per heavy atom. The van der Waals surface area contributed by atoms with Crippen molar-refractivity contribution in [3.63, 3.8) is 0 Å². The van der Waals surface area contributed by atoms with Gasteiger partial charge < -0.3 is 5.11 Å². The molecule has 19 heavy (non-hydrogen) atoms. The fraction of sp³-hybridized carbons (Fsp3) is 0.0769. The van der Waals surface area contributed by atoms with Crippen molar-refractivity contribution in [3.8, 4) is 11.1 Å². The molecule has 0 unspecified atom stereocenters. The lowest BCUT2D eigenvalue weighted by atomic mass is 9.99. The van der Waals surface area contributed by atoms with Crippen molar-refractivity contribution < 1.29 is 23.1 Å². The van der Waals surface area contributed by atoms with E-state index >= 15 is 0 Å². The second-order valence-electron chi connectivity index (χ2n) is 3.81. The highest BCUT2D eigenvalue weighted by Gasteiger charge is 2.19. The Bertz CT molecular complexity index is 644. The average Bonchev–Trinajstić information content (AvgIpc) is 2.33. The fourth-order valence-corrected chi connectivity index (χ4v) is 1.76. The number of benzene rings is 1. The van der Waals surface area contributed by atoms with Gasteiger partial charge in [0.2, 0.25) is 5.95 Å². The standard InChI is InChI=1S/C13H8F3NO2/c14-9-3-1-2-8(12(9)15)11-7(6-10(18)19)4-5-17-13(11)16/h1-5H,6H2,(H,18,19). The van der Waals surface area contributed by atoms with Crippen LogP contribution in [0.15, 0.2) is 30.5 Å². The summed E-state index contributed by atoms with van der Waals surface area (Å²) in [6.45, 7) is 0. The van der Waals surface area contributed by atoms with Crippen LogP contribution in [0.5, 0.6) is 0 Å². The number of aromatic nitrogens is 1. The molecule has 0 fully saturated rings. The van der Waals surface area contributed by atoms with Crippen molar-refractivity contribution in [2.45, 2.75) is 6.42 Å². The molecule has 0 aliphatic heterocycles. The van der Waals surface area contributed by atoms with Crippen molar-refractivity contribution in [1.29, 1.82) is 0 Å². The monoisotopic (exact) mass is 267 g/mol. The van der Waals surface area contributed by atoms with Gasteiger partial charge in [-0.1, -0.05) is 12.1 Å². The number of hydrogen-bond acceptors (Lipinski definition) is 2. The predicted molar refractivity (Wildman–Crippen MR) is 60.9 cm³/mol. The maximum atomic E-state index is 13.7. The first-order chi connectivity index (χ1) is 9.00. The Morgan fingerprint density at radius 1 is 1.21 bits per heavy atom. The lowest BCUT2D eigenvalue weighted by Crippen LogP contribution is -2.05. The summed E-state index contributed by atoms with van der Waals surface area (Å²) in [4.78, 5) is 14.1. The molecular formula is C13H8F3NO2. The molecule has 1 heterocycles. The van der Waals surface area contributed by atoms with Crippen LogP contribution in [0.25, 0.3) is 11.1 Å². The largest absolute Gasteiger partial charge is 0.481 e. The molecule has 1 aromatic carbocycles. The number of carboxylic acids is 1. The van der Waals surface area contributed by atoms with Crippen molar-refractivity contribution in [1.82, 2.24) is 4.98 Å². The highest BCUT2D eigenvalue weighted by atomic mass is 19.2. The van der Waals surface area contributed by atoms with E-state index in [1.54, 1.807) is 0 Å². The van der Waals surface area contributed by atoms with E-state index in [9.17, 15) is 18.0 Å². The van der Waals surface area contributed by atoms with Crippen LogP contribution in [-0.2, 0) is 11.2 Å². The minimum Gasteiger partial charge on any atom is -0.481 e. The highest BCUT2D eigenvalue weighted by Crippen LogP contribution is 2.29. The molecule has 0 atom stereocenters. The van der Waals surface area contributed by atoms with Gasteiger partial charge in [-0.25, -0.2) is 13.8 Å². The van der Waals surface area contributed by atoms with Gasteiger partial charge in [-0.2, -0.15) is 4.39 Å². The van der Waals surface area contributed by atoms with Crippen molar-refractivity contribution in [2.24, 2.45) is 0 Å². The van der Waals surface area contributed by atoms with Gasteiger partial charge in [0.15, 0.2) is 11.6 Å². The van der Waals surface area contributed by atoms with E-state index < -0.39 is 30.0 Å². The normalized spacial score (nSPS) is 10.5. The lowest BCUT2D eigenvalue weighted by molar-refractivity contribution is -0.136. The minimum absolute atomic E-state index is 0.0319. The average molecular weight is 267 g/mol. The van der Waals surface area contributed by atoms with Crippen LogP contribution in [-0.4, -0.2) is 16.1 Å². The van der Waals surface area contributed by atoms with Crippen LogP contribution >= 0.6 is 0 Å². The third-order valence-corrected chi connectivity index (χ3v) is 2.55. The van der Waals surface area contributed by atoms with Gasteiger partial charge in [0.05, 0.1) is 6.42 Å². The van der Waals surface area contributed by atoms with Crippen molar-refractivity contribution in [2.75, 3.05) is 0 Å². The number of hydrogen-bond donors (Lipinski definition) is 1. The summed E-state index contributed by atoms with van der Waals surface area (Å²) in [6.07, 6.45) is 0.568. The molecule has 0 amide bonds. The van der Waals surface area contributed by atoms with Gasteiger partial charge >= 0.3 is 5.97 Å².